The molecule has 24 heavy (non-hydrogen) atoms. The van der Waals surface area contributed by atoms with Crippen LogP contribution in [-0.4, -0.2) is 31.2 Å². The van der Waals surface area contributed by atoms with E-state index in [-0.39, 0.29) is 12.5 Å². The third kappa shape index (κ3) is 3.40. The smallest absolute Gasteiger partial charge is 0.235 e. The predicted molar refractivity (Wildman–Crippen MR) is 97.8 cm³/mol. The number of aliphatic hydroxyl groups is 1. The molecule has 0 radical (unpaired) electrons. The minimum atomic E-state index is -0.447. The molecule has 1 saturated carbocycles. The first-order valence-electron chi connectivity index (χ1n) is 8.05. The van der Waals surface area contributed by atoms with E-state index in [4.69, 9.17) is 16.7 Å². The highest BCUT2D eigenvalue weighted by molar-refractivity contribution is 6.30. The van der Waals surface area contributed by atoms with Crippen molar-refractivity contribution in [2.75, 3.05) is 30.4 Å². The van der Waals surface area contributed by atoms with E-state index in [1.54, 1.807) is 0 Å². The minimum Gasteiger partial charge on any atom is -0.395 e. The van der Waals surface area contributed by atoms with Crippen LogP contribution in [0.25, 0.3) is 0 Å². The Balaban J connectivity index is 1.71. The molecule has 0 bridgehead atoms. The molecule has 126 valence electrons. The van der Waals surface area contributed by atoms with Crippen molar-refractivity contribution in [1.29, 1.82) is 0 Å². The van der Waals surface area contributed by atoms with E-state index in [0.717, 1.165) is 29.8 Å². The van der Waals surface area contributed by atoms with E-state index in [0.29, 0.717) is 11.6 Å². The number of anilines is 2. The second-order valence-corrected chi connectivity index (χ2v) is 6.68. The van der Waals surface area contributed by atoms with Gasteiger partial charge in [0.1, 0.15) is 0 Å². The SMILES string of the molecule is CN(CCO)c1ccc(NC(=O)C2(c3cccc(Cl)c3)CC2)cc1. The van der Waals surface area contributed by atoms with Gasteiger partial charge in [0.2, 0.25) is 5.91 Å². The zero-order valence-electron chi connectivity index (χ0n) is 13.6. The summed E-state index contributed by atoms with van der Waals surface area (Å²) in [6.07, 6.45) is 1.69. The molecule has 2 aromatic carbocycles. The first-order valence-corrected chi connectivity index (χ1v) is 8.42. The Morgan fingerprint density at radius 2 is 1.96 bits per heavy atom. The van der Waals surface area contributed by atoms with Gasteiger partial charge in [-0.3, -0.25) is 4.79 Å². The van der Waals surface area contributed by atoms with Crippen LogP contribution >= 0.6 is 11.6 Å². The second-order valence-electron chi connectivity index (χ2n) is 6.24. The van der Waals surface area contributed by atoms with Gasteiger partial charge in [-0.1, -0.05) is 23.7 Å². The largest absolute Gasteiger partial charge is 0.395 e. The summed E-state index contributed by atoms with van der Waals surface area (Å²) in [6, 6.07) is 15.2. The van der Waals surface area contributed by atoms with Crippen molar-refractivity contribution in [2.24, 2.45) is 0 Å². The number of aliphatic hydroxyl groups excluding tert-OH is 1. The highest BCUT2D eigenvalue weighted by Gasteiger charge is 2.51. The first-order chi connectivity index (χ1) is 11.5. The summed E-state index contributed by atoms with van der Waals surface area (Å²) in [5.41, 5.74) is 2.30. The number of carbonyl (C=O) groups is 1. The molecule has 1 aliphatic carbocycles. The Kier molecular flexibility index (Phi) is 4.78. The molecule has 5 heteroatoms. The Hall–Kier alpha value is -2.04. The van der Waals surface area contributed by atoms with Gasteiger partial charge in [-0.15, -0.1) is 0 Å². The Morgan fingerprint density at radius 1 is 1.25 bits per heavy atom. The Morgan fingerprint density at radius 3 is 2.54 bits per heavy atom. The molecule has 0 unspecified atom stereocenters. The summed E-state index contributed by atoms with van der Waals surface area (Å²) in [5.74, 6) is 0.0150. The van der Waals surface area contributed by atoms with E-state index in [2.05, 4.69) is 5.32 Å². The van der Waals surface area contributed by atoms with E-state index in [1.165, 1.54) is 0 Å². The summed E-state index contributed by atoms with van der Waals surface area (Å²) in [4.78, 5) is 14.7. The molecule has 4 nitrogen and oxygen atoms in total. The highest BCUT2D eigenvalue weighted by Crippen LogP contribution is 2.49. The molecule has 1 fully saturated rings. The number of carbonyl (C=O) groups excluding carboxylic acids is 1. The molecule has 0 aliphatic heterocycles. The average Bonchev–Trinajstić information content (AvgIpc) is 3.38. The second kappa shape index (κ2) is 6.83. The molecule has 0 aromatic heterocycles. The van der Waals surface area contributed by atoms with Crippen LogP contribution in [0.2, 0.25) is 5.02 Å². The Bertz CT molecular complexity index is 726. The van der Waals surface area contributed by atoms with Crippen molar-refractivity contribution < 1.29 is 9.90 Å². The Labute approximate surface area is 147 Å². The van der Waals surface area contributed by atoms with Crippen molar-refractivity contribution >= 4 is 28.9 Å². The fourth-order valence-corrected chi connectivity index (χ4v) is 3.08. The van der Waals surface area contributed by atoms with E-state index in [9.17, 15) is 4.79 Å². The zero-order valence-corrected chi connectivity index (χ0v) is 14.4. The zero-order chi connectivity index (χ0) is 17.2. The number of nitrogens with zero attached hydrogens (tertiary/aromatic N) is 1. The van der Waals surface area contributed by atoms with Gasteiger partial charge >= 0.3 is 0 Å². The standard InChI is InChI=1S/C19H21ClN2O2/c1-22(11-12-23)17-7-5-16(6-8-17)21-18(24)19(9-10-19)14-3-2-4-15(20)13-14/h2-8,13,23H,9-12H2,1H3,(H,21,24). The third-order valence-electron chi connectivity index (χ3n) is 4.56. The summed E-state index contributed by atoms with van der Waals surface area (Å²) >= 11 is 6.06. The van der Waals surface area contributed by atoms with E-state index < -0.39 is 5.41 Å². The van der Waals surface area contributed by atoms with Crippen LogP contribution in [0.5, 0.6) is 0 Å². The van der Waals surface area contributed by atoms with E-state index >= 15 is 0 Å². The summed E-state index contributed by atoms with van der Waals surface area (Å²) in [5, 5.41) is 12.7. The number of benzene rings is 2. The highest BCUT2D eigenvalue weighted by atomic mass is 35.5. The van der Waals surface area contributed by atoms with Crippen LogP contribution < -0.4 is 10.2 Å². The molecule has 0 saturated heterocycles. The van der Waals surface area contributed by atoms with Crippen LogP contribution in [-0.2, 0) is 10.2 Å². The maximum Gasteiger partial charge on any atom is 0.235 e. The quantitative estimate of drug-likeness (QED) is 0.844. The molecular weight excluding hydrogens is 324 g/mol. The normalized spacial score (nSPS) is 15.0. The lowest BCUT2D eigenvalue weighted by Crippen LogP contribution is -2.27. The van der Waals surface area contributed by atoms with Gasteiger partial charge in [0, 0.05) is 30.0 Å². The molecule has 0 atom stereocenters. The van der Waals surface area contributed by atoms with Crippen molar-refractivity contribution in [1.82, 2.24) is 0 Å². The lowest BCUT2D eigenvalue weighted by atomic mass is 9.95. The number of rotatable bonds is 6. The van der Waals surface area contributed by atoms with Crippen molar-refractivity contribution in [3.05, 3.63) is 59.1 Å². The average molecular weight is 345 g/mol. The third-order valence-corrected chi connectivity index (χ3v) is 4.80. The maximum absolute atomic E-state index is 12.7. The molecular formula is C19H21ClN2O2. The predicted octanol–water partition coefficient (Wildman–Crippen LogP) is 3.44. The van der Waals surface area contributed by atoms with Crippen LogP contribution in [0, 0.1) is 0 Å². The van der Waals surface area contributed by atoms with Gasteiger partial charge in [-0.25, -0.2) is 0 Å². The monoisotopic (exact) mass is 344 g/mol. The lowest BCUT2D eigenvalue weighted by molar-refractivity contribution is -0.118. The summed E-state index contributed by atoms with van der Waals surface area (Å²) < 4.78 is 0. The molecule has 1 amide bonds. The topological polar surface area (TPSA) is 52.6 Å². The molecule has 2 aromatic rings. The number of likely N-dealkylation sites (N-methyl/N-ethyl adjacent to an activating group) is 1. The van der Waals surface area contributed by atoms with Gasteiger partial charge in [-0.2, -0.15) is 0 Å². The fraction of sp³-hybridized carbons (Fsp3) is 0.316. The number of nitrogens with one attached hydrogen (secondary N) is 1. The lowest BCUT2D eigenvalue weighted by Gasteiger charge is -2.19. The summed E-state index contributed by atoms with van der Waals surface area (Å²) in [7, 11) is 1.92. The molecule has 3 rings (SSSR count). The van der Waals surface area contributed by atoms with Gasteiger partial charge in [0.05, 0.1) is 12.0 Å². The van der Waals surface area contributed by atoms with Crippen molar-refractivity contribution in [3.63, 3.8) is 0 Å². The minimum absolute atomic E-state index is 0.0150. The first kappa shape index (κ1) is 16.8. The molecule has 1 aliphatic rings. The molecule has 0 spiro atoms. The van der Waals surface area contributed by atoms with Crippen LogP contribution in [0.4, 0.5) is 11.4 Å². The van der Waals surface area contributed by atoms with Crippen molar-refractivity contribution in [3.8, 4) is 0 Å². The van der Waals surface area contributed by atoms with Crippen molar-refractivity contribution in [2.45, 2.75) is 18.3 Å². The van der Waals surface area contributed by atoms with Crippen LogP contribution in [0.3, 0.4) is 0 Å². The van der Waals surface area contributed by atoms with Gasteiger partial charge in [0.15, 0.2) is 0 Å². The van der Waals surface area contributed by atoms with Crippen LogP contribution in [0.1, 0.15) is 18.4 Å². The number of hydrogen-bond donors (Lipinski definition) is 2. The molecule has 2 N–H and O–H groups in total. The van der Waals surface area contributed by atoms with Crippen LogP contribution in [0.15, 0.2) is 48.5 Å². The fourth-order valence-electron chi connectivity index (χ4n) is 2.89. The number of amides is 1. The number of hydrogen-bond acceptors (Lipinski definition) is 3. The number of halogens is 1. The van der Waals surface area contributed by atoms with E-state index in [1.807, 2.05) is 60.5 Å². The van der Waals surface area contributed by atoms with Gasteiger partial charge in [0.25, 0.3) is 0 Å². The summed E-state index contributed by atoms with van der Waals surface area (Å²) in [6.45, 7) is 0.681. The van der Waals surface area contributed by atoms with Gasteiger partial charge in [-0.05, 0) is 54.8 Å². The maximum atomic E-state index is 12.7. The molecule has 0 heterocycles. The van der Waals surface area contributed by atoms with Gasteiger partial charge < -0.3 is 15.3 Å².